The molecule has 0 unspecified atom stereocenters. The van der Waals surface area contributed by atoms with Crippen LogP contribution in [0.15, 0.2) is 18.5 Å². The van der Waals surface area contributed by atoms with E-state index in [4.69, 9.17) is 10.5 Å². The molecule has 16 heavy (non-hydrogen) atoms. The summed E-state index contributed by atoms with van der Waals surface area (Å²) >= 11 is 0. The maximum Gasteiger partial charge on any atom is 0.321 e. The molecule has 0 aliphatic carbocycles. The summed E-state index contributed by atoms with van der Waals surface area (Å²) < 4.78 is 4.94. The highest BCUT2D eigenvalue weighted by molar-refractivity contribution is 5.59. The molecule has 0 atom stereocenters. The Morgan fingerprint density at radius 2 is 2.06 bits per heavy atom. The summed E-state index contributed by atoms with van der Waals surface area (Å²) in [6.07, 6.45) is 3.41. The zero-order valence-electron chi connectivity index (χ0n) is 9.01. The monoisotopic (exact) mass is 217 g/mol. The maximum absolute atomic E-state index is 5.56. The van der Waals surface area contributed by atoms with Crippen molar-refractivity contribution in [3.63, 3.8) is 0 Å². The first-order chi connectivity index (χ1) is 7.70. The van der Waals surface area contributed by atoms with Crippen LogP contribution in [0.3, 0.4) is 0 Å². The number of hydrogen-bond donors (Lipinski definition) is 1. The van der Waals surface area contributed by atoms with E-state index in [0.717, 1.165) is 11.1 Å². The highest BCUT2D eigenvalue weighted by Crippen LogP contribution is 2.20. The Bertz CT molecular complexity index is 514. The van der Waals surface area contributed by atoms with Gasteiger partial charge in [0.05, 0.1) is 7.11 Å². The van der Waals surface area contributed by atoms with E-state index in [1.165, 1.54) is 7.11 Å². The second kappa shape index (κ2) is 4.09. The molecule has 0 radical (unpaired) electrons. The van der Waals surface area contributed by atoms with Crippen LogP contribution < -0.4 is 10.5 Å². The number of nitrogen functional groups attached to an aromatic ring is 1. The van der Waals surface area contributed by atoms with Crippen LogP contribution in [0.4, 0.5) is 5.95 Å². The van der Waals surface area contributed by atoms with Crippen LogP contribution in [-0.4, -0.2) is 27.0 Å². The van der Waals surface area contributed by atoms with Crippen molar-refractivity contribution in [2.45, 2.75) is 6.92 Å². The normalized spacial score (nSPS) is 10.1. The van der Waals surface area contributed by atoms with Crippen molar-refractivity contribution in [3.05, 3.63) is 24.0 Å². The van der Waals surface area contributed by atoms with Crippen molar-refractivity contribution in [1.29, 1.82) is 0 Å². The van der Waals surface area contributed by atoms with E-state index < -0.39 is 0 Å². The third-order valence-corrected chi connectivity index (χ3v) is 2.08. The third kappa shape index (κ3) is 1.90. The summed E-state index contributed by atoms with van der Waals surface area (Å²) in [6.45, 7) is 1.93. The Balaban J connectivity index is 2.56. The minimum atomic E-state index is 0.137. The SMILES string of the molecule is COc1nc(N)nc(-c2ccncc2C)n1. The van der Waals surface area contributed by atoms with Gasteiger partial charge in [0.15, 0.2) is 5.82 Å². The van der Waals surface area contributed by atoms with Crippen LogP contribution in [0, 0.1) is 6.92 Å². The number of nitrogens with zero attached hydrogens (tertiary/aromatic N) is 4. The molecule has 2 N–H and O–H groups in total. The Hall–Kier alpha value is -2.24. The third-order valence-electron chi connectivity index (χ3n) is 2.08. The van der Waals surface area contributed by atoms with Gasteiger partial charge in [0.2, 0.25) is 5.95 Å². The Morgan fingerprint density at radius 3 is 2.75 bits per heavy atom. The van der Waals surface area contributed by atoms with Gasteiger partial charge in [-0.3, -0.25) is 4.98 Å². The minimum absolute atomic E-state index is 0.137. The standard InChI is InChI=1S/C10H11N5O/c1-6-5-12-4-3-7(6)8-13-9(11)15-10(14-8)16-2/h3-5H,1-2H3,(H2,11,13,14,15). The molecule has 82 valence electrons. The predicted molar refractivity (Wildman–Crippen MR) is 58.8 cm³/mol. The number of anilines is 1. The van der Waals surface area contributed by atoms with E-state index in [2.05, 4.69) is 19.9 Å². The van der Waals surface area contributed by atoms with Gasteiger partial charge in [0, 0.05) is 18.0 Å². The quantitative estimate of drug-likeness (QED) is 0.801. The molecule has 6 heteroatoms. The molecule has 0 spiro atoms. The fraction of sp³-hybridized carbons (Fsp3) is 0.200. The zero-order chi connectivity index (χ0) is 11.5. The van der Waals surface area contributed by atoms with Crippen LogP contribution in [0.25, 0.3) is 11.4 Å². The zero-order valence-corrected chi connectivity index (χ0v) is 9.01. The fourth-order valence-corrected chi connectivity index (χ4v) is 1.31. The summed E-state index contributed by atoms with van der Waals surface area (Å²) in [7, 11) is 1.48. The van der Waals surface area contributed by atoms with Crippen molar-refractivity contribution in [2.75, 3.05) is 12.8 Å². The van der Waals surface area contributed by atoms with Gasteiger partial charge in [-0.15, -0.1) is 0 Å². The summed E-state index contributed by atoms with van der Waals surface area (Å²) in [6, 6.07) is 2.03. The number of rotatable bonds is 2. The number of ether oxygens (including phenoxy) is 1. The predicted octanol–water partition coefficient (Wildman–Crippen LogP) is 0.833. The lowest BCUT2D eigenvalue weighted by Gasteiger charge is -2.05. The summed E-state index contributed by atoms with van der Waals surface area (Å²) in [5.41, 5.74) is 7.40. The second-order valence-electron chi connectivity index (χ2n) is 3.19. The molecular formula is C10H11N5O. The lowest BCUT2D eigenvalue weighted by Crippen LogP contribution is -2.03. The molecule has 0 aliphatic heterocycles. The summed E-state index contributed by atoms with van der Waals surface area (Å²) in [5, 5.41) is 0. The van der Waals surface area contributed by atoms with E-state index >= 15 is 0 Å². The average Bonchev–Trinajstić information content (AvgIpc) is 2.28. The van der Waals surface area contributed by atoms with E-state index in [1.807, 2.05) is 13.0 Å². The Morgan fingerprint density at radius 1 is 1.25 bits per heavy atom. The van der Waals surface area contributed by atoms with Gasteiger partial charge in [-0.1, -0.05) is 0 Å². The Kier molecular flexibility index (Phi) is 2.63. The van der Waals surface area contributed by atoms with Crippen molar-refractivity contribution in [1.82, 2.24) is 19.9 Å². The highest BCUT2D eigenvalue weighted by Gasteiger charge is 2.08. The molecule has 0 bridgehead atoms. The van der Waals surface area contributed by atoms with Crippen LogP contribution in [-0.2, 0) is 0 Å². The molecule has 0 amide bonds. The van der Waals surface area contributed by atoms with Crippen molar-refractivity contribution in [2.24, 2.45) is 0 Å². The number of methoxy groups -OCH3 is 1. The molecule has 2 aromatic heterocycles. The first-order valence-electron chi connectivity index (χ1n) is 4.67. The second-order valence-corrected chi connectivity index (χ2v) is 3.19. The fourth-order valence-electron chi connectivity index (χ4n) is 1.31. The van der Waals surface area contributed by atoms with Gasteiger partial charge in [-0.2, -0.15) is 15.0 Å². The maximum atomic E-state index is 5.56. The molecular weight excluding hydrogens is 206 g/mol. The first-order valence-corrected chi connectivity index (χ1v) is 4.67. The largest absolute Gasteiger partial charge is 0.467 e. The molecule has 6 nitrogen and oxygen atoms in total. The van der Waals surface area contributed by atoms with E-state index in [0.29, 0.717) is 5.82 Å². The van der Waals surface area contributed by atoms with Gasteiger partial charge >= 0.3 is 6.01 Å². The van der Waals surface area contributed by atoms with Gasteiger partial charge in [0.25, 0.3) is 0 Å². The lowest BCUT2D eigenvalue weighted by atomic mass is 10.1. The van der Waals surface area contributed by atoms with E-state index in [1.54, 1.807) is 12.4 Å². The molecule has 0 saturated heterocycles. The van der Waals surface area contributed by atoms with Crippen molar-refractivity contribution in [3.8, 4) is 17.4 Å². The molecule has 0 fully saturated rings. The number of aryl methyl sites for hydroxylation is 1. The van der Waals surface area contributed by atoms with Crippen molar-refractivity contribution < 1.29 is 4.74 Å². The topological polar surface area (TPSA) is 86.8 Å². The number of hydrogen-bond acceptors (Lipinski definition) is 6. The summed E-state index contributed by atoms with van der Waals surface area (Å²) in [4.78, 5) is 16.0. The Labute approximate surface area is 92.6 Å². The van der Waals surface area contributed by atoms with Crippen LogP contribution in [0.1, 0.15) is 5.56 Å². The first kappa shape index (κ1) is 10.3. The number of nitrogens with two attached hydrogens (primary N) is 1. The minimum Gasteiger partial charge on any atom is -0.467 e. The average molecular weight is 217 g/mol. The number of pyridine rings is 1. The van der Waals surface area contributed by atoms with Crippen LogP contribution >= 0.6 is 0 Å². The smallest absolute Gasteiger partial charge is 0.321 e. The molecule has 2 heterocycles. The van der Waals surface area contributed by atoms with E-state index in [9.17, 15) is 0 Å². The van der Waals surface area contributed by atoms with Gasteiger partial charge in [-0.05, 0) is 18.6 Å². The van der Waals surface area contributed by atoms with E-state index in [-0.39, 0.29) is 12.0 Å². The van der Waals surface area contributed by atoms with Gasteiger partial charge in [-0.25, -0.2) is 0 Å². The molecule has 0 aliphatic rings. The molecule has 2 aromatic rings. The highest BCUT2D eigenvalue weighted by atomic mass is 16.5. The van der Waals surface area contributed by atoms with Crippen LogP contribution in [0.2, 0.25) is 0 Å². The molecule has 0 saturated carbocycles. The molecule has 2 rings (SSSR count). The summed E-state index contributed by atoms with van der Waals surface area (Å²) in [5.74, 6) is 0.627. The lowest BCUT2D eigenvalue weighted by molar-refractivity contribution is 0.379. The van der Waals surface area contributed by atoms with Gasteiger partial charge < -0.3 is 10.5 Å². The van der Waals surface area contributed by atoms with Crippen molar-refractivity contribution >= 4 is 5.95 Å². The van der Waals surface area contributed by atoms with Crippen LogP contribution in [0.5, 0.6) is 6.01 Å². The molecule has 0 aromatic carbocycles. The number of aromatic nitrogens is 4. The van der Waals surface area contributed by atoms with Gasteiger partial charge in [0.1, 0.15) is 0 Å².